The molecule has 4 aromatic rings. The number of anilines is 1. The largest absolute Gasteiger partial charge is 0.497 e. The van der Waals surface area contributed by atoms with Crippen LogP contribution in [0.3, 0.4) is 0 Å². The van der Waals surface area contributed by atoms with E-state index in [2.05, 4.69) is 16.7 Å². The number of aliphatic hydroxyl groups excluding tert-OH is 1. The Kier molecular flexibility index (Phi) is 7.30. The molecule has 1 N–H and O–H groups in total. The highest BCUT2D eigenvalue weighted by Crippen LogP contribution is 2.32. The number of imidazole rings is 1. The number of aromatic nitrogens is 2. The molecule has 0 spiro atoms. The lowest BCUT2D eigenvalue weighted by Crippen LogP contribution is -2.39. The van der Waals surface area contributed by atoms with Crippen LogP contribution in [0.2, 0.25) is 0 Å². The number of aliphatic hydroxyl groups is 1. The summed E-state index contributed by atoms with van der Waals surface area (Å²) in [5.74, 6) is 1.82. The van der Waals surface area contributed by atoms with E-state index in [1.165, 1.54) is 4.31 Å². The molecule has 2 unspecified atom stereocenters. The molecule has 0 radical (unpaired) electrons. The number of ether oxygens (including phenoxy) is 1. The Labute approximate surface area is 217 Å². The summed E-state index contributed by atoms with van der Waals surface area (Å²) >= 11 is 0. The number of hydrogen-bond acceptors (Lipinski definition) is 5. The number of para-hydroxylation sites is 2. The standard InChI is InChI=1S/C29H31N3O4S/c1-36-25-18-16-23(17-19-25)32(37(34,35)26-12-6-3-7-13-26)21-24(33)20-31-28-15-9-8-14-27(28)30-29(31)22-10-4-2-5-11-22/h2-4,6-9,12-19,22,24,33H,5,10-11,20-21H2,1H3. The van der Waals surface area contributed by atoms with Crippen LogP contribution in [0.15, 0.2) is 95.9 Å². The van der Waals surface area contributed by atoms with Gasteiger partial charge in [-0.25, -0.2) is 13.4 Å². The monoisotopic (exact) mass is 517 g/mol. The zero-order valence-electron chi connectivity index (χ0n) is 20.8. The fourth-order valence-corrected chi connectivity index (χ4v) is 6.42. The van der Waals surface area contributed by atoms with Gasteiger partial charge in [-0.15, -0.1) is 0 Å². The molecule has 0 saturated heterocycles. The molecule has 1 aromatic heterocycles. The van der Waals surface area contributed by atoms with Gasteiger partial charge in [-0.2, -0.15) is 0 Å². The average molecular weight is 518 g/mol. The maximum absolute atomic E-state index is 13.7. The quantitative estimate of drug-likeness (QED) is 0.311. The lowest BCUT2D eigenvalue weighted by Gasteiger charge is -2.28. The number of methoxy groups -OCH3 is 1. The van der Waals surface area contributed by atoms with Crippen LogP contribution < -0.4 is 9.04 Å². The van der Waals surface area contributed by atoms with Crippen LogP contribution in [0.5, 0.6) is 5.75 Å². The van der Waals surface area contributed by atoms with E-state index >= 15 is 0 Å². The minimum absolute atomic E-state index is 0.111. The zero-order chi connectivity index (χ0) is 25.8. The van der Waals surface area contributed by atoms with E-state index < -0.39 is 16.1 Å². The molecule has 192 valence electrons. The van der Waals surface area contributed by atoms with Crippen molar-refractivity contribution in [3.8, 4) is 5.75 Å². The van der Waals surface area contributed by atoms with E-state index in [1.54, 1.807) is 61.7 Å². The highest BCUT2D eigenvalue weighted by atomic mass is 32.2. The van der Waals surface area contributed by atoms with E-state index in [4.69, 9.17) is 9.72 Å². The summed E-state index contributed by atoms with van der Waals surface area (Å²) in [5.41, 5.74) is 2.27. The summed E-state index contributed by atoms with van der Waals surface area (Å²) in [6.45, 7) is 0.118. The predicted octanol–water partition coefficient (Wildman–Crippen LogP) is 5.13. The molecule has 37 heavy (non-hydrogen) atoms. The smallest absolute Gasteiger partial charge is 0.264 e. The Bertz CT molecular complexity index is 1480. The van der Waals surface area contributed by atoms with Crippen LogP contribution in [0.1, 0.15) is 31.0 Å². The maximum atomic E-state index is 13.7. The van der Waals surface area contributed by atoms with Crippen LogP contribution in [-0.2, 0) is 16.6 Å². The van der Waals surface area contributed by atoms with Crippen LogP contribution in [0, 0.1) is 0 Å². The van der Waals surface area contributed by atoms with Crippen molar-refractivity contribution >= 4 is 26.7 Å². The molecule has 1 heterocycles. The van der Waals surface area contributed by atoms with E-state index in [0.717, 1.165) is 36.1 Å². The summed E-state index contributed by atoms with van der Waals surface area (Å²) in [7, 11) is -2.36. The molecule has 0 saturated carbocycles. The molecular weight excluding hydrogens is 486 g/mol. The summed E-state index contributed by atoms with van der Waals surface area (Å²) in [5, 5.41) is 11.4. The van der Waals surface area contributed by atoms with Crippen molar-refractivity contribution in [1.29, 1.82) is 0 Å². The molecule has 2 atom stereocenters. The van der Waals surface area contributed by atoms with Crippen molar-refractivity contribution in [1.82, 2.24) is 9.55 Å². The van der Waals surface area contributed by atoms with E-state index in [0.29, 0.717) is 11.4 Å². The van der Waals surface area contributed by atoms with E-state index in [9.17, 15) is 13.5 Å². The molecule has 7 nitrogen and oxygen atoms in total. The van der Waals surface area contributed by atoms with Crippen molar-refractivity contribution in [2.75, 3.05) is 18.0 Å². The predicted molar refractivity (Wildman–Crippen MR) is 145 cm³/mol. The Morgan fingerprint density at radius 2 is 1.76 bits per heavy atom. The second kappa shape index (κ2) is 10.8. The topological polar surface area (TPSA) is 84.7 Å². The third-order valence-corrected chi connectivity index (χ3v) is 8.59. The molecular formula is C29H31N3O4S. The molecule has 8 heteroatoms. The first kappa shape index (κ1) is 25.0. The molecule has 0 aliphatic heterocycles. The first-order valence-corrected chi connectivity index (χ1v) is 13.9. The van der Waals surface area contributed by atoms with Crippen LogP contribution in [0.4, 0.5) is 5.69 Å². The zero-order valence-corrected chi connectivity index (χ0v) is 21.6. The van der Waals surface area contributed by atoms with Gasteiger partial charge in [0.1, 0.15) is 11.6 Å². The van der Waals surface area contributed by atoms with Gasteiger partial charge in [0.25, 0.3) is 10.0 Å². The van der Waals surface area contributed by atoms with Crippen molar-refractivity contribution in [3.05, 3.63) is 96.8 Å². The lowest BCUT2D eigenvalue weighted by atomic mass is 9.93. The number of hydrogen-bond donors (Lipinski definition) is 1. The first-order chi connectivity index (χ1) is 18.0. The molecule has 1 aliphatic rings. The number of fused-ring (bicyclic) bond motifs is 1. The van der Waals surface area contributed by atoms with Crippen LogP contribution in [0.25, 0.3) is 11.0 Å². The van der Waals surface area contributed by atoms with Gasteiger partial charge in [0, 0.05) is 5.92 Å². The number of sulfonamides is 1. The summed E-state index contributed by atoms with van der Waals surface area (Å²) in [4.78, 5) is 5.08. The molecule has 0 amide bonds. The fourth-order valence-electron chi connectivity index (χ4n) is 4.90. The average Bonchev–Trinajstić information content (AvgIpc) is 3.31. The van der Waals surface area contributed by atoms with Crippen molar-refractivity contribution in [2.45, 2.75) is 42.7 Å². The molecule has 0 bridgehead atoms. The second-order valence-electron chi connectivity index (χ2n) is 9.25. The first-order valence-electron chi connectivity index (χ1n) is 12.5. The molecule has 3 aromatic carbocycles. The van der Waals surface area contributed by atoms with Gasteiger partial charge in [0.15, 0.2) is 0 Å². The van der Waals surface area contributed by atoms with E-state index in [-0.39, 0.29) is 23.9 Å². The van der Waals surface area contributed by atoms with E-state index in [1.807, 2.05) is 24.3 Å². The molecule has 1 aliphatic carbocycles. The SMILES string of the molecule is COc1ccc(N(CC(O)Cn2c(C3CC=CCC3)nc3ccccc32)S(=O)(=O)c2ccccc2)cc1. The van der Waals surface area contributed by atoms with Gasteiger partial charge in [0.2, 0.25) is 0 Å². The number of rotatable bonds is 9. The number of allylic oxidation sites excluding steroid dienone is 2. The Balaban J connectivity index is 1.49. The van der Waals surface area contributed by atoms with Crippen molar-refractivity contribution in [3.63, 3.8) is 0 Å². The fraction of sp³-hybridized carbons (Fsp3) is 0.276. The Hall–Kier alpha value is -3.62. The van der Waals surface area contributed by atoms with Crippen molar-refractivity contribution in [2.24, 2.45) is 0 Å². The van der Waals surface area contributed by atoms with Crippen LogP contribution in [-0.4, -0.2) is 42.8 Å². The number of nitrogens with zero attached hydrogens (tertiary/aromatic N) is 3. The maximum Gasteiger partial charge on any atom is 0.264 e. The Morgan fingerprint density at radius 3 is 2.46 bits per heavy atom. The Morgan fingerprint density at radius 1 is 1.03 bits per heavy atom. The normalized spacial score (nSPS) is 16.5. The minimum Gasteiger partial charge on any atom is -0.497 e. The summed E-state index contributed by atoms with van der Waals surface area (Å²) in [6, 6.07) is 23.0. The van der Waals surface area contributed by atoms with Crippen molar-refractivity contribution < 1.29 is 18.3 Å². The minimum atomic E-state index is -3.92. The van der Waals surface area contributed by atoms with Gasteiger partial charge in [-0.05, 0) is 67.8 Å². The van der Waals surface area contributed by atoms with Gasteiger partial charge in [0.05, 0.1) is 47.9 Å². The third kappa shape index (κ3) is 5.26. The number of benzene rings is 3. The van der Waals surface area contributed by atoms with Gasteiger partial charge in [-0.3, -0.25) is 4.31 Å². The molecule has 0 fully saturated rings. The van der Waals surface area contributed by atoms with Crippen LogP contribution >= 0.6 is 0 Å². The third-order valence-electron chi connectivity index (χ3n) is 6.78. The van der Waals surface area contributed by atoms with Gasteiger partial charge >= 0.3 is 0 Å². The van der Waals surface area contributed by atoms with Gasteiger partial charge in [-0.1, -0.05) is 42.5 Å². The highest BCUT2D eigenvalue weighted by Gasteiger charge is 2.29. The second-order valence-corrected chi connectivity index (χ2v) is 11.1. The summed E-state index contributed by atoms with van der Waals surface area (Å²) < 4.78 is 36.0. The highest BCUT2D eigenvalue weighted by molar-refractivity contribution is 7.92. The van der Waals surface area contributed by atoms with Gasteiger partial charge < -0.3 is 14.4 Å². The lowest BCUT2D eigenvalue weighted by molar-refractivity contribution is 0.162. The summed E-state index contributed by atoms with van der Waals surface area (Å²) in [6.07, 6.45) is 6.30. The molecule has 5 rings (SSSR count).